The van der Waals surface area contributed by atoms with E-state index in [0.717, 1.165) is 11.5 Å². The van der Waals surface area contributed by atoms with Gasteiger partial charge >= 0.3 is 5.97 Å². The molecule has 0 bridgehead atoms. The van der Waals surface area contributed by atoms with Gasteiger partial charge in [0.15, 0.2) is 5.69 Å². The highest BCUT2D eigenvalue weighted by Crippen LogP contribution is 2.22. The van der Waals surface area contributed by atoms with Crippen molar-refractivity contribution >= 4 is 35.2 Å². The quantitative estimate of drug-likeness (QED) is 0.797. The number of hydrogen-bond acceptors (Lipinski definition) is 6. The van der Waals surface area contributed by atoms with Gasteiger partial charge in [-0.25, -0.2) is 4.79 Å². The Labute approximate surface area is 93.4 Å². The highest BCUT2D eigenvalue weighted by atomic mass is 32.2. The summed E-state index contributed by atoms with van der Waals surface area (Å²) in [4.78, 5) is 23.9. The van der Waals surface area contributed by atoms with E-state index in [0.29, 0.717) is 11.6 Å². The van der Waals surface area contributed by atoms with Gasteiger partial charge in [0.1, 0.15) is 6.04 Å². The van der Waals surface area contributed by atoms with E-state index in [-0.39, 0.29) is 11.6 Å². The van der Waals surface area contributed by atoms with Crippen LogP contribution in [0.4, 0.5) is 0 Å². The molecule has 1 aromatic rings. The third kappa shape index (κ3) is 1.95. The van der Waals surface area contributed by atoms with Crippen LogP contribution in [0.1, 0.15) is 10.5 Å². The van der Waals surface area contributed by atoms with Gasteiger partial charge in [0.05, 0.1) is 5.88 Å². The molecule has 0 aromatic carbocycles. The fraction of sp³-hybridized carbons (Fsp3) is 0.429. The summed E-state index contributed by atoms with van der Waals surface area (Å²) >= 11 is 2.50. The van der Waals surface area contributed by atoms with Crippen LogP contribution >= 0.6 is 23.3 Å². The zero-order chi connectivity index (χ0) is 10.8. The van der Waals surface area contributed by atoms with Gasteiger partial charge in [0.25, 0.3) is 5.91 Å². The maximum absolute atomic E-state index is 11.8. The molecule has 1 unspecified atom stereocenters. The Morgan fingerprint density at radius 1 is 1.60 bits per heavy atom. The van der Waals surface area contributed by atoms with Gasteiger partial charge in [0.2, 0.25) is 0 Å². The van der Waals surface area contributed by atoms with Crippen LogP contribution in [0.5, 0.6) is 0 Å². The summed E-state index contributed by atoms with van der Waals surface area (Å²) in [5.41, 5.74) is 0.216. The van der Waals surface area contributed by atoms with E-state index in [2.05, 4.69) is 9.59 Å². The lowest BCUT2D eigenvalue weighted by atomic mass is 10.3. The van der Waals surface area contributed by atoms with Crippen molar-refractivity contribution in [2.45, 2.75) is 6.04 Å². The number of carbonyl (C=O) groups excluding carboxylic acids is 1. The minimum atomic E-state index is -0.975. The van der Waals surface area contributed by atoms with Gasteiger partial charge in [-0.15, -0.1) is 16.9 Å². The van der Waals surface area contributed by atoms with Crippen molar-refractivity contribution in [2.75, 3.05) is 11.6 Å². The van der Waals surface area contributed by atoms with E-state index in [9.17, 15) is 9.59 Å². The summed E-state index contributed by atoms with van der Waals surface area (Å²) in [5.74, 6) is -0.510. The normalized spacial score (nSPS) is 20.5. The molecule has 0 radical (unpaired) electrons. The smallest absolute Gasteiger partial charge is 0.327 e. The van der Waals surface area contributed by atoms with Gasteiger partial charge in [-0.2, -0.15) is 0 Å². The average molecular weight is 245 g/mol. The molecule has 1 saturated heterocycles. The first-order chi connectivity index (χ1) is 7.20. The summed E-state index contributed by atoms with van der Waals surface area (Å²) in [6, 6.07) is -0.746. The molecule has 0 spiro atoms. The molecule has 0 saturated carbocycles. The summed E-state index contributed by atoms with van der Waals surface area (Å²) < 4.78 is 3.57. The van der Waals surface area contributed by atoms with Crippen LogP contribution in [0.15, 0.2) is 5.38 Å². The molecular weight excluding hydrogens is 238 g/mol. The molecule has 1 fully saturated rings. The van der Waals surface area contributed by atoms with Crippen molar-refractivity contribution < 1.29 is 14.7 Å². The Bertz CT molecular complexity index is 381. The van der Waals surface area contributed by atoms with Crippen LogP contribution in [0, 0.1) is 0 Å². The standard InChI is InChI=1S/C7H7N3O3S2/c11-6(4-1-15-9-8-4)10-3-14-2-5(10)7(12)13/h1,5H,2-3H2,(H,12,13). The lowest BCUT2D eigenvalue weighted by Gasteiger charge is -2.18. The largest absolute Gasteiger partial charge is 0.480 e. The number of carboxylic acids is 1. The minimum Gasteiger partial charge on any atom is -0.480 e. The molecular formula is C7H7N3O3S2. The zero-order valence-corrected chi connectivity index (χ0v) is 9.12. The van der Waals surface area contributed by atoms with Crippen LogP contribution in [-0.4, -0.2) is 49.1 Å². The maximum Gasteiger partial charge on any atom is 0.327 e. The third-order valence-corrected chi connectivity index (χ3v) is 3.52. The van der Waals surface area contributed by atoms with E-state index < -0.39 is 12.0 Å². The van der Waals surface area contributed by atoms with Crippen molar-refractivity contribution in [2.24, 2.45) is 0 Å². The number of carbonyl (C=O) groups is 2. The first-order valence-corrected chi connectivity index (χ1v) is 6.08. The first-order valence-electron chi connectivity index (χ1n) is 4.08. The van der Waals surface area contributed by atoms with Gasteiger partial charge < -0.3 is 10.0 Å². The molecule has 1 aromatic heterocycles. The molecule has 1 aliphatic rings. The maximum atomic E-state index is 11.8. The second-order valence-corrected chi connectivity index (χ2v) is 4.53. The first kappa shape index (κ1) is 10.4. The number of carboxylic acid groups (broad SMARTS) is 1. The fourth-order valence-corrected chi connectivity index (χ4v) is 2.83. The lowest BCUT2D eigenvalue weighted by Crippen LogP contribution is -2.41. The molecule has 2 heterocycles. The van der Waals surface area contributed by atoms with Crippen molar-refractivity contribution in [1.82, 2.24) is 14.5 Å². The van der Waals surface area contributed by atoms with E-state index >= 15 is 0 Å². The van der Waals surface area contributed by atoms with Crippen LogP contribution in [0.3, 0.4) is 0 Å². The molecule has 15 heavy (non-hydrogen) atoms. The molecule has 80 valence electrons. The molecule has 8 heteroatoms. The fourth-order valence-electron chi connectivity index (χ4n) is 1.25. The second-order valence-electron chi connectivity index (χ2n) is 2.92. The Balaban J connectivity index is 2.17. The average Bonchev–Trinajstić information content (AvgIpc) is 2.88. The molecule has 0 aliphatic carbocycles. The minimum absolute atomic E-state index is 0.216. The molecule has 2 rings (SSSR count). The van der Waals surface area contributed by atoms with Crippen LogP contribution in [-0.2, 0) is 4.79 Å². The highest BCUT2D eigenvalue weighted by Gasteiger charge is 2.35. The van der Waals surface area contributed by atoms with Crippen molar-refractivity contribution in [3.63, 3.8) is 0 Å². The monoisotopic (exact) mass is 245 g/mol. The van der Waals surface area contributed by atoms with Gasteiger partial charge in [-0.05, 0) is 11.5 Å². The van der Waals surface area contributed by atoms with Gasteiger partial charge in [-0.1, -0.05) is 4.49 Å². The Morgan fingerprint density at radius 3 is 3.00 bits per heavy atom. The number of amides is 1. The topological polar surface area (TPSA) is 83.4 Å². The van der Waals surface area contributed by atoms with Crippen LogP contribution < -0.4 is 0 Å². The summed E-state index contributed by atoms with van der Waals surface area (Å²) in [7, 11) is 0. The second kappa shape index (κ2) is 4.15. The number of nitrogens with zero attached hydrogens (tertiary/aromatic N) is 3. The number of hydrogen-bond donors (Lipinski definition) is 1. The zero-order valence-electron chi connectivity index (χ0n) is 7.49. The van der Waals surface area contributed by atoms with Crippen molar-refractivity contribution in [1.29, 1.82) is 0 Å². The number of aromatic nitrogens is 2. The van der Waals surface area contributed by atoms with Gasteiger partial charge in [0, 0.05) is 11.1 Å². The number of thioether (sulfide) groups is 1. The predicted octanol–water partition coefficient (Wildman–Crippen LogP) is 0.138. The van der Waals surface area contributed by atoms with Crippen molar-refractivity contribution in [3.05, 3.63) is 11.1 Å². The Morgan fingerprint density at radius 2 is 2.40 bits per heavy atom. The Hall–Kier alpha value is -1.15. The summed E-state index contributed by atoms with van der Waals surface area (Å²) in [6.07, 6.45) is 0. The molecule has 1 amide bonds. The number of rotatable bonds is 2. The number of aliphatic carboxylic acids is 1. The van der Waals surface area contributed by atoms with Crippen LogP contribution in [0.25, 0.3) is 0 Å². The lowest BCUT2D eigenvalue weighted by molar-refractivity contribution is -0.140. The van der Waals surface area contributed by atoms with Gasteiger partial charge in [-0.3, -0.25) is 4.79 Å². The van der Waals surface area contributed by atoms with E-state index in [1.54, 1.807) is 0 Å². The van der Waals surface area contributed by atoms with Crippen LogP contribution in [0.2, 0.25) is 0 Å². The summed E-state index contributed by atoms with van der Waals surface area (Å²) in [5, 5.41) is 14.0. The molecule has 1 N–H and O–H groups in total. The molecule has 1 aliphatic heterocycles. The summed E-state index contributed by atoms with van der Waals surface area (Å²) in [6.45, 7) is 0. The highest BCUT2D eigenvalue weighted by molar-refractivity contribution is 7.99. The van der Waals surface area contributed by atoms with E-state index in [4.69, 9.17) is 5.11 Å². The SMILES string of the molecule is O=C(O)C1CSCN1C(=O)c1csnn1. The third-order valence-electron chi connectivity index (χ3n) is 2.01. The van der Waals surface area contributed by atoms with E-state index in [1.165, 1.54) is 22.0 Å². The van der Waals surface area contributed by atoms with Crippen molar-refractivity contribution in [3.8, 4) is 0 Å². The Kier molecular flexibility index (Phi) is 2.87. The van der Waals surface area contributed by atoms with E-state index in [1.807, 2.05) is 0 Å². The molecule has 1 atom stereocenters. The molecule has 6 nitrogen and oxygen atoms in total. The predicted molar refractivity (Wildman–Crippen MR) is 54.8 cm³/mol.